The molecule has 0 amide bonds. The van der Waals surface area contributed by atoms with Crippen molar-refractivity contribution in [2.75, 3.05) is 6.54 Å². The van der Waals surface area contributed by atoms with Crippen LogP contribution in [-0.4, -0.2) is 40.6 Å². The van der Waals surface area contributed by atoms with Crippen molar-refractivity contribution in [1.82, 2.24) is 8.87 Å². The molecule has 1 heterocycles. The second-order valence-electron chi connectivity index (χ2n) is 12.1. The van der Waals surface area contributed by atoms with Crippen molar-refractivity contribution in [2.24, 2.45) is 0 Å². The van der Waals surface area contributed by atoms with Gasteiger partial charge in [0.05, 0.1) is 16.5 Å². The predicted octanol–water partition coefficient (Wildman–Crippen LogP) is 7.25. The molecule has 0 aliphatic heterocycles. The first-order valence-corrected chi connectivity index (χ1v) is 16.0. The first-order chi connectivity index (χ1) is 20.9. The van der Waals surface area contributed by atoms with E-state index in [1.165, 1.54) is 14.4 Å². The number of carbonyl (C=O) groups is 1. The number of benzene rings is 4. The Labute approximate surface area is 259 Å². The highest BCUT2D eigenvalue weighted by Crippen LogP contribution is 2.30. The minimum atomic E-state index is -3.99. The largest absolute Gasteiger partial charge is 0.443 e. The lowest BCUT2D eigenvalue weighted by molar-refractivity contribution is 0.0543. The van der Waals surface area contributed by atoms with Crippen LogP contribution in [-0.2, 0) is 27.7 Å². The summed E-state index contributed by atoms with van der Waals surface area (Å²) >= 11 is 0. The molecule has 8 heteroatoms. The molecule has 5 aromatic rings. The molecule has 0 aliphatic carbocycles. The Hall–Kier alpha value is -4.24. The number of nitrogens with zero attached hydrogens (tertiary/aromatic N) is 2. The average molecular weight is 611 g/mol. The summed E-state index contributed by atoms with van der Waals surface area (Å²) in [5.41, 5.74) is 4.34. The molecule has 228 valence electrons. The van der Waals surface area contributed by atoms with Crippen molar-refractivity contribution in [3.8, 4) is 0 Å². The fourth-order valence-corrected chi connectivity index (χ4v) is 6.56. The molecule has 0 spiro atoms. The summed E-state index contributed by atoms with van der Waals surface area (Å²) in [6.45, 7) is 7.10. The van der Waals surface area contributed by atoms with Crippen LogP contribution in [0.1, 0.15) is 54.7 Å². The van der Waals surface area contributed by atoms with Gasteiger partial charge in [-0.05, 0) is 69.0 Å². The maximum Gasteiger partial charge on any atom is 0.419 e. The molecular weight excluding hydrogens is 572 g/mol. The van der Waals surface area contributed by atoms with Crippen LogP contribution in [0.15, 0.2) is 114 Å². The van der Waals surface area contributed by atoms with Gasteiger partial charge in [0.25, 0.3) is 0 Å². The molecule has 0 radical (unpaired) electrons. The van der Waals surface area contributed by atoms with Crippen molar-refractivity contribution >= 4 is 27.0 Å². The highest BCUT2D eigenvalue weighted by molar-refractivity contribution is 7.89. The topological polar surface area (TPSA) is 88.8 Å². The zero-order valence-electron chi connectivity index (χ0n) is 25.5. The summed E-state index contributed by atoms with van der Waals surface area (Å²) in [6, 6.07) is 31.9. The molecule has 0 saturated heterocycles. The monoisotopic (exact) mass is 610 g/mol. The summed E-state index contributed by atoms with van der Waals surface area (Å²) in [4.78, 5) is 13.2. The molecular formula is C36H38N2O5S. The zero-order chi connectivity index (χ0) is 31.5. The summed E-state index contributed by atoms with van der Waals surface area (Å²) in [5, 5.41) is 12.2. The molecule has 1 atom stereocenters. The molecule has 7 nitrogen and oxygen atoms in total. The zero-order valence-corrected chi connectivity index (χ0v) is 26.3. The standard InChI is InChI=1S/C36H38N2O5S/c1-26-14-20-30(21-15-26)44(41,42)37(23-29-18-16-28(17-19-29)22-27-10-6-5-7-11-27)25-34(39)32-24-38(35(40)43-36(2,3)4)33-13-9-8-12-31(32)33/h5-21,24,34,39H,22-23,25H2,1-4H3. The van der Waals surface area contributed by atoms with Crippen LogP contribution in [0.2, 0.25) is 0 Å². The molecule has 0 saturated carbocycles. The summed E-state index contributed by atoms with van der Waals surface area (Å²) in [7, 11) is -3.99. The molecule has 0 bridgehead atoms. The Morgan fingerprint density at radius 3 is 2.09 bits per heavy atom. The van der Waals surface area contributed by atoms with Gasteiger partial charge < -0.3 is 9.84 Å². The van der Waals surface area contributed by atoms with E-state index in [0.717, 1.165) is 23.1 Å². The SMILES string of the molecule is Cc1ccc(S(=O)(=O)N(Cc2ccc(Cc3ccccc3)cc2)CC(O)c2cn(C(=O)OC(C)(C)C)c3ccccc23)cc1. The molecule has 44 heavy (non-hydrogen) atoms. The maximum atomic E-state index is 14.0. The van der Waals surface area contributed by atoms with Crippen molar-refractivity contribution < 1.29 is 23.1 Å². The van der Waals surface area contributed by atoms with Crippen molar-refractivity contribution in [1.29, 1.82) is 0 Å². The van der Waals surface area contributed by atoms with E-state index in [0.29, 0.717) is 16.5 Å². The van der Waals surface area contributed by atoms with Gasteiger partial charge in [-0.3, -0.25) is 4.57 Å². The lowest BCUT2D eigenvalue weighted by atomic mass is 10.0. The number of hydrogen-bond acceptors (Lipinski definition) is 5. The number of aromatic nitrogens is 1. The van der Waals surface area contributed by atoms with Gasteiger partial charge in [-0.15, -0.1) is 0 Å². The number of sulfonamides is 1. The molecule has 0 fully saturated rings. The van der Waals surface area contributed by atoms with E-state index in [1.807, 2.05) is 55.5 Å². The Morgan fingerprint density at radius 1 is 0.841 bits per heavy atom. The number of fused-ring (bicyclic) bond motifs is 1. The number of aryl methyl sites for hydroxylation is 1. The highest BCUT2D eigenvalue weighted by Gasteiger charge is 2.30. The first kappa shape index (κ1) is 31.2. The fraction of sp³-hybridized carbons (Fsp3) is 0.250. The van der Waals surface area contributed by atoms with Gasteiger partial charge in [-0.2, -0.15) is 4.31 Å². The second kappa shape index (κ2) is 12.8. The number of rotatable bonds is 9. The maximum absolute atomic E-state index is 14.0. The van der Waals surface area contributed by atoms with Crippen molar-refractivity contribution in [2.45, 2.75) is 57.3 Å². The van der Waals surface area contributed by atoms with Crippen LogP contribution in [0, 0.1) is 6.92 Å². The van der Waals surface area contributed by atoms with Gasteiger partial charge >= 0.3 is 6.09 Å². The third-order valence-electron chi connectivity index (χ3n) is 7.36. The normalized spacial score (nSPS) is 12.9. The number of aliphatic hydroxyl groups excluding tert-OH is 1. The lowest BCUT2D eigenvalue weighted by Crippen LogP contribution is -2.34. The third kappa shape index (κ3) is 7.27. The number of hydrogen-bond donors (Lipinski definition) is 1. The van der Waals surface area contributed by atoms with E-state index in [4.69, 9.17) is 4.74 Å². The minimum Gasteiger partial charge on any atom is -0.443 e. The van der Waals surface area contributed by atoms with Crippen molar-refractivity contribution in [3.63, 3.8) is 0 Å². The Bertz CT molecular complexity index is 1840. The molecule has 1 aromatic heterocycles. The smallest absolute Gasteiger partial charge is 0.419 e. The Morgan fingerprint density at radius 2 is 1.43 bits per heavy atom. The van der Waals surface area contributed by atoms with Gasteiger partial charge in [0.15, 0.2) is 0 Å². The first-order valence-electron chi connectivity index (χ1n) is 14.6. The van der Waals surface area contributed by atoms with Gasteiger partial charge in [-0.1, -0.05) is 90.5 Å². The summed E-state index contributed by atoms with van der Waals surface area (Å²) in [5.74, 6) is 0. The Balaban J connectivity index is 1.46. The van der Waals surface area contributed by atoms with Crippen LogP contribution in [0.4, 0.5) is 4.79 Å². The van der Waals surface area contributed by atoms with Crippen LogP contribution >= 0.6 is 0 Å². The second-order valence-corrected chi connectivity index (χ2v) is 14.0. The van der Waals surface area contributed by atoms with E-state index in [-0.39, 0.29) is 18.0 Å². The van der Waals surface area contributed by atoms with E-state index < -0.39 is 27.8 Å². The van der Waals surface area contributed by atoms with Crippen LogP contribution < -0.4 is 0 Å². The van der Waals surface area contributed by atoms with Gasteiger partial charge in [0.2, 0.25) is 10.0 Å². The number of carbonyl (C=O) groups excluding carboxylic acids is 1. The number of ether oxygens (including phenoxy) is 1. The third-order valence-corrected chi connectivity index (χ3v) is 9.19. The van der Waals surface area contributed by atoms with E-state index in [1.54, 1.807) is 69.4 Å². The minimum absolute atomic E-state index is 0.0591. The van der Waals surface area contributed by atoms with E-state index >= 15 is 0 Å². The molecule has 1 N–H and O–H groups in total. The number of aliphatic hydroxyl groups is 1. The number of para-hydroxylation sites is 1. The van der Waals surface area contributed by atoms with Gasteiger partial charge in [-0.25, -0.2) is 13.2 Å². The summed E-state index contributed by atoms with van der Waals surface area (Å²) < 4.78 is 36.2. The van der Waals surface area contributed by atoms with Gasteiger partial charge in [0, 0.05) is 30.2 Å². The quantitative estimate of drug-likeness (QED) is 0.190. The van der Waals surface area contributed by atoms with Crippen LogP contribution in [0.25, 0.3) is 10.9 Å². The fourth-order valence-electron chi connectivity index (χ4n) is 5.13. The summed E-state index contributed by atoms with van der Waals surface area (Å²) in [6.07, 6.45) is 0.513. The highest BCUT2D eigenvalue weighted by atomic mass is 32.2. The van der Waals surface area contributed by atoms with Gasteiger partial charge in [0.1, 0.15) is 5.60 Å². The Kier molecular flexibility index (Phi) is 9.06. The van der Waals surface area contributed by atoms with Crippen LogP contribution in [0.5, 0.6) is 0 Å². The lowest BCUT2D eigenvalue weighted by Gasteiger charge is -2.25. The average Bonchev–Trinajstić information content (AvgIpc) is 3.38. The van der Waals surface area contributed by atoms with Crippen LogP contribution in [0.3, 0.4) is 0 Å². The molecule has 0 aliphatic rings. The molecule has 1 unspecified atom stereocenters. The van der Waals surface area contributed by atoms with Crippen molar-refractivity contribution in [3.05, 3.63) is 137 Å². The molecule has 4 aromatic carbocycles. The molecule has 5 rings (SSSR count). The van der Waals surface area contributed by atoms with E-state index in [9.17, 15) is 18.3 Å². The van der Waals surface area contributed by atoms with E-state index in [2.05, 4.69) is 12.1 Å². The predicted molar refractivity (Wildman–Crippen MR) is 173 cm³/mol.